The Bertz CT molecular complexity index is 1160. The van der Waals surface area contributed by atoms with Crippen LogP contribution in [0.25, 0.3) is 33.3 Å². The molecule has 0 saturated heterocycles. The molecule has 3 aromatic heterocycles. The molecule has 0 aliphatic rings. The number of rotatable bonds is 6. The van der Waals surface area contributed by atoms with E-state index in [1.54, 1.807) is 6.33 Å². The van der Waals surface area contributed by atoms with Crippen molar-refractivity contribution in [2.24, 2.45) is 12.8 Å². The van der Waals surface area contributed by atoms with Crippen LogP contribution in [-0.2, 0) is 20.1 Å². The van der Waals surface area contributed by atoms with Crippen LogP contribution in [0.1, 0.15) is 12.0 Å². The number of pyridine rings is 1. The summed E-state index contributed by atoms with van der Waals surface area (Å²) in [7, 11) is 3.75. The van der Waals surface area contributed by atoms with E-state index in [-0.39, 0.29) is 19.0 Å². The van der Waals surface area contributed by atoms with E-state index in [1.807, 2.05) is 35.4 Å². The van der Waals surface area contributed by atoms with E-state index >= 15 is 0 Å². The average Bonchev–Trinajstić information content (AvgIpc) is 3.25. The number of aromatic nitrogens is 4. The molecular formula is C20H23FN6O. The zero-order valence-corrected chi connectivity index (χ0v) is 15.9. The highest BCUT2D eigenvalue weighted by atomic mass is 19.1. The summed E-state index contributed by atoms with van der Waals surface area (Å²) < 4.78 is 18.2. The fourth-order valence-electron chi connectivity index (χ4n) is 3.70. The first-order valence-electron chi connectivity index (χ1n) is 9.20. The number of imidazole rings is 1. The lowest BCUT2D eigenvalue weighted by Crippen LogP contribution is -2.05. The summed E-state index contributed by atoms with van der Waals surface area (Å²) in [6.45, 7) is 0.877. The molecule has 0 bridgehead atoms. The van der Waals surface area contributed by atoms with Gasteiger partial charge in [0.25, 0.3) is 0 Å². The molecule has 4 aromatic rings. The van der Waals surface area contributed by atoms with Crippen molar-refractivity contribution in [3.8, 4) is 11.3 Å². The Hall–Kier alpha value is -2.97. The minimum atomic E-state index is -0.327. The molecule has 146 valence electrons. The van der Waals surface area contributed by atoms with Crippen molar-refractivity contribution in [1.29, 1.82) is 0 Å². The molecule has 4 rings (SSSR count). The van der Waals surface area contributed by atoms with Crippen molar-refractivity contribution < 1.29 is 9.50 Å². The first kappa shape index (κ1) is 18.4. The monoisotopic (exact) mass is 382 g/mol. The second-order valence-electron chi connectivity index (χ2n) is 6.81. The number of hydrogen-bond donors (Lipinski definition) is 3. The lowest BCUT2D eigenvalue weighted by molar-refractivity contribution is 0.281. The summed E-state index contributed by atoms with van der Waals surface area (Å²) in [4.78, 5) is 9.24. The molecular weight excluding hydrogens is 359 g/mol. The van der Waals surface area contributed by atoms with Crippen molar-refractivity contribution >= 4 is 27.9 Å². The van der Waals surface area contributed by atoms with Crippen LogP contribution in [0.2, 0.25) is 0 Å². The SMILES string of the molecule is CNc1nc2c(cc(-c3cc(F)cc(CN)c3)n2CCCO)c2c1ncn2C. The number of nitrogens with two attached hydrogens (primary N) is 1. The predicted octanol–water partition coefficient (Wildman–Crippen LogP) is 2.61. The molecule has 0 radical (unpaired) electrons. The van der Waals surface area contributed by atoms with Crippen LogP contribution in [0.3, 0.4) is 0 Å². The van der Waals surface area contributed by atoms with E-state index in [4.69, 9.17) is 10.7 Å². The summed E-state index contributed by atoms with van der Waals surface area (Å²) in [5, 5.41) is 13.4. The van der Waals surface area contributed by atoms with Gasteiger partial charge in [-0.05, 0) is 36.2 Å². The van der Waals surface area contributed by atoms with E-state index < -0.39 is 0 Å². The minimum absolute atomic E-state index is 0.0587. The van der Waals surface area contributed by atoms with Gasteiger partial charge in [-0.15, -0.1) is 0 Å². The minimum Gasteiger partial charge on any atom is -0.396 e. The van der Waals surface area contributed by atoms with E-state index in [0.29, 0.717) is 18.8 Å². The van der Waals surface area contributed by atoms with Crippen molar-refractivity contribution in [2.45, 2.75) is 19.5 Å². The molecule has 1 aromatic carbocycles. The molecule has 0 atom stereocenters. The standard InChI is InChI=1S/C20H23FN6O/c1-23-19-17-18(26(2)11-24-17)15-9-16(27(4-3-5-28)20(15)25-19)13-6-12(10-22)7-14(21)8-13/h6-9,11,28H,3-5,10,22H2,1-2H3,(H,23,25). The van der Waals surface area contributed by atoms with Gasteiger partial charge in [0.05, 0.1) is 17.5 Å². The van der Waals surface area contributed by atoms with Gasteiger partial charge in [-0.2, -0.15) is 0 Å². The zero-order valence-electron chi connectivity index (χ0n) is 15.9. The highest BCUT2D eigenvalue weighted by Gasteiger charge is 2.19. The molecule has 0 unspecified atom stereocenters. The summed E-state index contributed by atoms with van der Waals surface area (Å²) in [5.41, 5.74) is 10.5. The van der Waals surface area contributed by atoms with Gasteiger partial charge in [-0.25, -0.2) is 14.4 Å². The first-order valence-corrected chi connectivity index (χ1v) is 9.20. The Kier molecular flexibility index (Phi) is 4.74. The van der Waals surface area contributed by atoms with Crippen molar-refractivity contribution in [2.75, 3.05) is 19.0 Å². The third kappa shape index (κ3) is 2.90. The molecule has 28 heavy (non-hydrogen) atoms. The van der Waals surface area contributed by atoms with Crippen LogP contribution in [0.5, 0.6) is 0 Å². The molecule has 4 N–H and O–H groups in total. The van der Waals surface area contributed by atoms with Gasteiger partial charge in [-0.3, -0.25) is 0 Å². The van der Waals surface area contributed by atoms with E-state index in [2.05, 4.69) is 10.3 Å². The smallest absolute Gasteiger partial charge is 0.156 e. The van der Waals surface area contributed by atoms with Crippen LogP contribution in [0.4, 0.5) is 10.2 Å². The van der Waals surface area contributed by atoms with Gasteiger partial charge in [0, 0.05) is 44.7 Å². The number of benzene rings is 1. The molecule has 0 aliphatic heterocycles. The maximum absolute atomic E-state index is 14.2. The van der Waals surface area contributed by atoms with Crippen LogP contribution < -0.4 is 11.1 Å². The predicted molar refractivity (Wildman–Crippen MR) is 109 cm³/mol. The van der Waals surface area contributed by atoms with Crippen LogP contribution >= 0.6 is 0 Å². The van der Waals surface area contributed by atoms with Crippen molar-refractivity contribution in [3.05, 3.63) is 42.0 Å². The third-order valence-corrected chi connectivity index (χ3v) is 4.97. The summed E-state index contributed by atoms with van der Waals surface area (Å²) in [6.07, 6.45) is 2.32. The van der Waals surface area contributed by atoms with Crippen molar-refractivity contribution in [3.63, 3.8) is 0 Å². The number of aryl methyl sites for hydroxylation is 2. The number of aliphatic hydroxyl groups excluding tert-OH is 1. The molecule has 0 aliphatic carbocycles. The number of anilines is 1. The molecule has 0 saturated carbocycles. The fraction of sp³-hybridized carbons (Fsp3) is 0.300. The number of halogens is 1. The highest BCUT2D eigenvalue weighted by molar-refractivity contribution is 6.07. The number of hydrogen-bond acceptors (Lipinski definition) is 5. The maximum Gasteiger partial charge on any atom is 0.156 e. The van der Waals surface area contributed by atoms with E-state index in [1.165, 1.54) is 12.1 Å². The molecule has 8 heteroatoms. The normalized spacial score (nSPS) is 11.6. The number of aliphatic hydroxyl groups is 1. The maximum atomic E-state index is 14.2. The first-order chi connectivity index (χ1) is 13.6. The molecule has 0 spiro atoms. The Morgan fingerprint density at radius 2 is 2.07 bits per heavy atom. The summed E-state index contributed by atoms with van der Waals surface area (Å²) in [6, 6.07) is 6.85. The van der Waals surface area contributed by atoms with Gasteiger partial charge in [-0.1, -0.05) is 0 Å². The number of fused-ring (bicyclic) bond motifs is 3. The highest BCUT2D eigenvalue weighted by Crippen LogP contribution is 2.35. The average molecular weight is 382 g/mol. The van der Waals surface area contributed by atoms with E-state index in [9.17, 15) is 9.50 Å². The lowest BCUT2D eigenvalue weighted by Gasteiger charge is -2.12. The van der Waals surface area contributed by atoms with Crippen molar-refractivity contribution in [1.82, 2.24) is 19.1 Å². The third-order valence-electron chi connectivity index (χ3n) is 4.97. The largest absolute Gasteiger partial charge is 0.396 e. The van der Waals surface area contributed by atoms with Gasteiger partial charge in [0.2, 0.25) is 0 Å². The lowest BCUT2D eigenvalue weighted by atomic mass is 10.1. The van der Waals surface area contributed by atoms with Crippen LogP contribution in [0.15, 0.2) is 30.6 Å². The molecule has 7 nitrogen and oxygen atoms in total. The number of nitrogens with zero attached hydrogens (tertiary/aromatic N) is 4. The Labute approximate surface area is 161 Å². The molecule has 0 fully saturated rings. The van der Waals surface area contributed by atoms with E-state index in [0.717, 1.165) is 38.9 Å². The van der Waals surface area contributed by atoms with Gasteiger partial charge >= 0.3 is 0 Å². The fourth-order valence-corrected chi connectivity index (χ4v) is 3.70. The second kappa shape index (κ2) is 7.21. The molecule has 0 amide bonds. The quantitative estimate of drug-likeness (QED) is 0.477. The summed E-state index contributed by atoms with van der Waals surface area (Å²) >= 11 is 0. The van der Waals surface area contributed by atoms with Crippen LogP contribution in [0, 0.1) is 5.82 Å². The topological polar surface area (TPSA) is 93.9 Å². The Morgan fingerprint density at radius 3 is 2.79 bits per heavy atom. The zero-order chi connectivity index (χ0) is 19.8. The number of nitrogens with one attached hydrogen (secondary N) is 1. The van der Waals surface area contributed by atoms with Gasteiger partial charge < -0.3 is 25.3 Å². The van der Waals surface area contributed by atoms with Gasteiger partial charge in [0.1, 0.15) is 17.0 Å². The van der Waals surface area contributed by atoms with Gasteiger partial charge in [0.15, 0.2) is 5.82 Å². The summed E-state index contributed by atoms with van der Waals surface area (Å²) in [5.74, 6) is 0.353. The molecule has 3 heterocycles. The Balaban J connectivity index is 2.07. The Morgan fingerprint density at radius 1 is 1.25 bits per heavy atom. The second-order valence-corrected chi connectivity index (χ2v) is 6.81. The van der Waals surface area contributed by atoms with Crippen LogP contribution in [-0.4, -0.2) is 37.9 Å².